The molecule has 2 amide bonds. The lowest BCUT2D eigenvalue weighted by Gasteiger charge is -2.34. The number of ether oxygens (including phenoxy) is 1. The molecule has 2 heterocycles. The van der Waals surface area contributed by atoms with Gasteiger partial charge in [0.1, 0.15) is 17.3 Å². The summed E-state index contributed by atoms with van der Waals surface area (Å²) in [7, 11) is 1.48. The molecule has 2 aliphatic heterocycles. The van der Waals surface area contributed by atoms with Gasteiger partial charge in [0, 0.05) is 43.5 Å². The average molecular weight is 404 g/mol. The Hall–Kier alpha value is -2.44. The van der Waals surface area contributed by atoms with Gasteiger partial charge in [0.2, 0.25) is 11.8 Å². The molecule has 0 aromatic heterocycles. The van der Waals surface area contributed by atoms with Crippen LogP contribution in [0.1, 0.15) is 51.0 Å². The lowest BCUT2D eigenvalue weighted by Crippen LogP contribution is -2.46. The van der Waals surface area contributed by atoms with Crippen molar-refractivity contribution in [2.75, 3.05) is 20.2 Å². The van der Waals surface area contributed by atoms with Crippen molar-refractivity contribution in [3.05, 3.63) is 29.6 Å². The maximum Gasteiger partial charge on any atom is 0.222 e. The normalized spacial score (nSPS) is 24.3. The molecule has 29 heavy (non-hydrogen) atoms. The largest absolute Gasteiger partial charge is 0.497 e. The van der Waals surface area contributed by atoms with E-state index in [0.717, 1.165) is 12.8 Å². The maximum atomic E-state index is 14.5. The molecular formula is C22H29FN2O4. The minimum absolute atomic E-state index is 0.00771. The van der Waals surface area contributed by atoms with Crippen molar-refractivity contribution in [2.45, 2.75) is 57.4 Å². The average Bonchev–Trinajstić information content (AvgIpc) is 3.08. The van der Waals surface area contributed by atoms with Crippen molar-refractivity contribution in [1.82, 2.24) is 10.2 Å². The van der Waals surface area contributed by atoms with Crippen molar-refractivity contribution in [1.29, 1.82) is 0 Å². The predicted molar refractivity (Wildman–Crippen MR) is 106 cm³/mol. The molecule has 0 radical (unpaired) electrons. The minimum Gasteiger partial charge on any atom is -0.497 e. The first-order chi connectivity index (χ1) is 13.8. The minimum atomic E-state index is -0.627. The van der Waals surface area contributed by atoms with Gasteiger partial charge in [-0.15, -0.1) is 0 Å². The Morgan fingerprint density at radius 2 is 2.17 bits per heavy atom. The molecule has 2 aliphatic rings. The van der Waals surface area contributed by atoms with Crippen molar-refractivity contribution in [3.8, 4) is 5.75 Å². The Morgan fingerprint density at radius 3 is 2.79 bits per heavy atom. The van der Waals surface area contributed by atoms with Gasteiger partial charge in [-0.25, -0.2) is 4.39 Å². The van der Waals surface area contributed by atoms with Crippen molar-refractivity contribution in [3.63, 3.8) is 0 Å². The predicted octanol–water partition coefficient (Wildman–Crippen LogP) is 2.63. The lowest BCUT2D eigenvalue weighted by atomic mass is 9.84. The summed E-state index contributed by atoms with van der Waals surface area (Å²) in [6.45, 7) is 2.71. The van der Waals surface area contributed by atoms with Crippen LogP contribution in [-0.2, 0) is 20.8 Å². The quantitative estimate of drug-likeness (QED) is 0.758. The molecule has 1 N–H and O–H groups in total. The molecular weight excluding hydrogens is 375 g/mol. The number of likely N-dealkylation sites (tertiary alicyclic amines) is 1. The van der Waals surface area contributed by atoms with Gasteiger partial charge >= 0.3 is 0 Å². The van der Waals surface area contributed by atoms with Crippen molar-refractivity contribution in [2.24, 2.45) is 5.92 Å². The third kappa shape index (κ3) is 5.14. The number of piperidine rings is 1. The molecule has 0 aliphatic carbocycles. The smallest absolute Gasteiger partial charge is 0.222 e. The zero-order valence-electron chi connectivity index (χ0n) is 17.1. The molecule has 7 heteroatoms. The number of Topliss-reactive ketones (excluding diaryl/α,β-unsaturated/α-hetero) is 1. The number of hydrogen-bond donors (Lipinski definition) is 1. The fourth-order valence-corrected chi connectivity index (χ4v) is 4.38. The van der Waals surface area contributed by atoms with Crippen molar-refractivity contribution < 1.29 is 23.5 Å². The van der Waals surface area contributed by atoms with Crippen LogP contribution in [0, 0.1) is 11.7 Å². The van der Waals surface area contributed by atoms with Gasteiger partial charge in [0.15, 0.2) is 0 Å². The highest BCUT2D eigenvalue weighted by atomic mass is 19.1. The van der Waals surface area contributed by atoms with E-state index in [2.05, 4.69) is 5.32 Å². The van der Waals surface area contributed by atoms with Gasteiger partial charge in [-0.05, 0) is 50.7 Å². The SMILES string of the molecule is COc1ccc(C[C@]2(CCC(=O)N3CCC[C@@H](C(C)=O)C3)CCC(=O)N2)c(F)c1. The number of amides is 2. The summed E-state index contributed by atoms with van der Waals surface area (Å²) < 4.78 is 19.5. The zero-order valence-corrected chi connectivity index (χ0v) is 17.1. The topological polar surface area (TPSA) is 75.7 Å². The number of carbonyl (C=O) groups is 3. The van der Waals surface area contributed by atoms with E-state index in [9.17, 15) is 18.8 Å². The van der Waals surface area contributed by atoms with Crippen LogP contribution in [0.2, 0.25) is 0 Å². The van der Waals surface area contributed by atoms with Crippen LogP contribution < -0.4 is 10.1 Å². The number of hydrogen-bond acceptors (Lipinski definition) is 4. The number of carbonyl (C=O) groups excluding carboxylic acids is 3. The molecule has 2 fully saturated rings. The molecule has 1 aromatic rings. The standard InChI is InChI=1S/C22H29FN2O4/c1-15(26)17-4-3-11-25(14-17)21(28)8-10-22(9-7-20(27)24-22)13-16-5-6-18(29-2)12-19(16)23/h5-6,12,17H,3-4,7-11,13-14H2,1-2H3,(H,24,27)/t17-,22-/m1/s1. The summed E-state index contributed by atoms with van der Waals surface area (Å²) in [4.78, 5) is 38.1. The van der Waals surface area contributed by atoms with Gasteiger partial charge in [-0.3, -0.25) is 14.4 Å². The van der Waals surface area contributed by atoms with Crippen LogP contribution in [0.5, 0.6) is 5.75 Å². The highest BCUT2D eigenvalue weighted by Gasteiger charge is 2.39. The summed E-state index contributed by atoms with van der Waals surface area (Å²) in [6, 6.07) is 4.70. The van der Waals surface area contributed by atoms with Crippen LogP contribution in [0.25, 0.3) is 0 Å². The number of halogens is 1. The Balaban J connectivity index is 1.67. The van der Waals surface area contributed by atoms with Gasteiger partial charge in [-0.2, -0.15) is 0 Å². The lowest BCUT2D eigenvalue weighted by molar-refractivity contribution is -0.135. The number of nitrogens with zero attached hydrogens (tertiary/aromatic N) is 1. The highest BCUT2D eigenvalue weighted by Crippen LogP contribution is 2.32. The van der Waals surface area contributed by atoms with Crippen LogP contribution in [-0.4, -0.2) is 48.2 Å². The fourth-order valence-electron chi connectivity index (χ4n) is 4.38. The first-order valence-corrected chi connectivity index (χ1v) is 10.2. The Labute approximate surface area is 170 Å². The first kappa shape index (κ1) is 21.3. The van der Waals surface area contributed by atoms with Gasteiger partial charge < -0.3 is 15.0 Å². The molecule has 6 nitrogen and oxygen atoms in total. The summed E-state index contributed by atoms with van der Waals surface area (Å²) >= 11 is 0. The van der Waals surface area contributed by atoms with E-state index in [1.165, 1.54) is 13.2 Å². The van der Waals surface area contributed by atoms with E-state index in [1.54, 1.807) is 24.0 Å². The Morgan fingerprint density at radius 1 is 1.38 bits per heavy atom. The van der Waals surface area contributed by atoms with E-state index in [0.29, 0.717) is 50.1 Å². The Kier molecular flexibility index (Phi) is 6.55. The van der Waals surface area contributed by atoms with E-state index in [1.807, 2.05) is 0 Å². The van der Waals surface area contributed by atoms with Crippen LogP contribution in [0.3, 0.4) is 0 Å². The molecule has 0 bridgehead atoms. The Bertz CT molecular complexity index is 797. The summed E-state index contributed by atoms with van der Waals surface area (Å²) in [5, 5.41) is 3.00. The van der Waals surface area contributed by atoms with Crippen LogP contribution >= 0.6 is 0 Å². The molecule has 0 spiro atoms. The molecule has 2 atom stereocenters. The highest BCUT2D eigenvalue weighted by molar-refractivity contribution is 5.82. The summed E-state index contributed by atoms with van der Waals surface area (Å²) in [5.41, 5.74) is -0.132. The van der Waals surface area contributed by atoms with Crippen LogP contribution in [0.4, 0.5) is 4.39 Å². The third-order valence-corrected chi connectivity index (χ3v) is 6.19. The van der Waals surface area contributed by atoms with Crippen LogP contribution in [0.15, 0.2) is 18.2 Å². The second kappa shape index (κ2) is 8.93. The summed E-state index contributed by atoms with van der Waals surface area (Å²) in [6.07, 6.45) is 3.65. The van der Waals surface area contributed by atoms with Gasteiger partial charge in [0.05, 0.1) is 7.11 Å². The number of benzene rings is 1. The molecule has 2 saturated heterocycles. The maximum absolute atomic E-state index is 14.5. The van der Waals surface area contributed by atoms with Crippen molar-refractivity contribution >= 4 is 17.6 Å². The van der Waals surface area contributed by atoms with E-state index in [-0.39, 0.29) is 35.8 Å². The molecule has 1 aromatic carbocycles. The second-order valence-electron chi connectivity index (χ2n) is 8.25. The number of rotatable bonds is 7. The zero-order chi connectivity index (χ0) is 21.0. The van der Waals surface area contributed by atoms with E-state index >= 15 is 0 Å². The van der Waals surface area contributed by atoms with E-state index in [4.69, 9.17) is 4.74 Å². The molecule has 3 rings (SSSR count). The number of ketones is 1. The second-order valence-corrected chi connectivity index (χ2v) is 8.25. The third-order valence-electron chi connectivity index (χ3n) is 6.19. The molecule has 0 saturated carbocycles. The van der Waals surface area contributed by atoms with E-state index < -0.39 is 5.54 Å². The van der Waals surface area contributed by atoms with Gasteiger partial charge in [-0.1, -0.05) is 6.07 Å². The number of methoxy groups -OCH3 is 1. The molecule has 0 unspecified atom stereocenters. The molecule has 158 valence electrons. The number of nitrogens with one attached hydrogen (secondary N) is 1. The first-order valence-electron chi connectivity index (χ1n) is 10.2. The summed E-state index contributed by atoms with van der Waals surface area (Å²) in [5.74, 6) is 0.0264. The van der Waals surface area contributed by atoms with Gasteiger partial charge in [0.25, 0.3) is 0 Å². The monoisotopic (exact) mass is 404 g/mol. The fraction of sp³-hybridized carbons (Fsp3) is 0.591.